The Balaban J connectivity index is 2.30. The van der Waals surface area contributed by atoms with Crippen LogP contribution >= 0.6 is 0 Å². The summed E-state index contributed by atoms with van der Waals surface area (Å²) in [7, 11) is 1.55. The first-order chi connectivity index (χ1) is 8.90. The van der Waals surface area contributed by atoms with Gasteiger partial charge in [0.15, 0.2) is 0 Å². The summed E-state index contributed by atoms with van der Waals surface area (Å²) in [5.41, 5.74) is -0.221. The summed E-state index contributed by atoms with van der Waals surface area (Å²) in [4.78, 5) is 35.8. The number of carbonyl (C=O) groups is 2. The van der Waals surface area contributed by atoms with Gasteiger partial charge in [0.25, 0.3) is 11.5 Å². The van der Waals surface area contributed by atoms with E-state index in [1.807, 2.05) is 0 Å². The van der Waals surface area contributed by atoms with Crippen molar-refractivity contribution in [1.29, 1.82) is 0 Å². The lowest BCUT2D eigenvalue weighted by Gasteiger charge is -2.21. The van der Waals surface area contributed by atoms with E-state index in [1.54, 1.807) is 7.05 Å². The van der Waals surface area contributed by atoms with Crippen LogP contribution in [-0.2, 0) is 11.8 Å². The summed E-state index contributed by atoms with van der Waals surface area (Å²) in [5, 5.41) is 18.5. The van der Waals surface area contributed by atoms with Crippen LogP contribution in [0.5, 0.6) is 0 Å². The molecule has 1 saturated heterocycles. The molecule has 2 atom stereocenters. The number of nitrogens with zero attached hydrogens (tertiary/aromatic N) is 2. The number of carboxylic acid groups (broad SMARTS) is 1. The van der Waals surface area contributed by atoms with Gasteiger partial charge in [0.2, 0.25) is 0 Å². The number of pyridine rings is 1. The fourth-order valence-corrected chi connectivity index (χ4v) is 2.12. The number of aryl methyl sites for hydroxylation is 1. The first-order valence-corrected chi connectivity index (χ1v) is 5.78. The number of likely N-dealkylation sites (tertiary alicyclic amines) is 1. The Hall–Kier alpha value is -2.15. The maximum atomic E-state index is 12.2. The number of aliphatic carboxylic acids is 1. The Labute approximate surface area is 108 Å². The average Bonchev–Trinajstić information content (AvgIpc) is 2.74. The number of carboxylic acids is 1. The molecule has 2 heterocycles. The quantitative estimate of drug-likeness (QED) is 0.718. The van der Waals surface area contributed by atoms with Crippen LogP contribution in [0.25, 0.3) is 0 Å². The van der Waals surface area contributed by atoms with Crippen molar-refractivity contribution in [2.45, 2.75) is 18.6 Å². The van der Waals surface area contributed by atoms with Gasteiger partial charge in [-0.25, -0.2) is 4.79 Å². The standard InChI is InChI=1S/C12H14N2O5/c1-13-3-2-7(4-10(13)16)11(17)14-6-8(15)5-9(14)12(18)19/h2-4,8-9,15H,5-6H2,1H3,(H,18,19)/t8-,9-/m0/s1. The second-order valence-corrected chi connectivity index (χ2v) is 4.57. The minimum atomic E-state index is -1.16. The third-order valence-corrected chi connectivity index (χ3v) is 3.18. The van der Waals surface area contributed by atoms with E-state index in [9.17, 15) is 19.5 Å². The van der Waals surface area contributed by atoms with Crippen molar-refractivity contribution in [3.8, 4) is 0 Å². The highest BCUT2D eigenvalue weighted by Crippen LogP contribution is 2.20. The highest BCUT2D eigenvalue weighted by Gasteiger charge is 2.39. The van der Waals surface area contributed by atoms with Gasteiger partial charge in [0.1, 0.15) is 6.04 Å². The number of aliphatic hydroxyl groups excluding tert-OH is 1. The van der Waals surface area contributed by atoms with Crippen molar-refractivity contribution in [3.63, 3.8) is 0 Å². The fraction of sp³-hybridized carbons (Fsp3) is 0.417. The van der Waals surface area contributed by atoms with Gasteiger partial charge < -0.3 is 19.7 Å². The smallest absolute Gasteiger partial charge is 0.326 e. The van der Waals surface area contributed by atoms with Crippen LogP contribution < -0.4 is 5.56 Å². The van der Waals surface area contributed by atoms with Crippen molar-refractivity contribution < 1.29 is 19.8 Å². The summed E-state index contributed by atoms with van der Waals surface area (Å²) >= 11 is 0. The molecule has 0 bridgehead atoms. The van der Waals surface area contributed by atoms with Crippen molar-refractivity contribution in [3.05, 3.63) is 34.2 Å². The molecule has 0 saturated carbocycles. The molecular weight excluding hydrogens is 252 g/mol. The van der Waals surface area contributed by atoms with Crippen LogP contribution in [0.1, 0.15) is 16.8 Å². The van der Waals surface area contributed by atoms with Gasteiger partial charge in [-0.05, 0) is 6.07 Å². The zero-order valence-electron chi connectivity index (χ0n) is 10.3. The van der Waals surface area contributed by atoms with Gasteiger partial charge in [-0.15, -0.1) is 0 Å². The van der Waals surface area contributed by atoms with Crippen molar-refractivity contribution >= 4 is 11.9 Å². The molecule has 102 valence electrons. The van der Waals surface area contributed by atoms with E-state index in [-0.39, 0.29) is 24.1 Å². The second-order valence-electron chi connectivity index (χ2n) is 4.57. The molecule has 7 nitrogen and oxygen atoms in total. The normalized spacial score (nSPS) is 22.5. The third-order valence-electron chi connectivity index (χ3n) is 3.18. The number of carbonyl (C=O) groups excluding carboxylic acids is 1. The second kappa shape index (κ2) is 4.85. The predicted molar refractivity (Wildman–Crippen MR) is 64.8 cm³/mol. The average molecular weight is 266 g/mol. The van der Waals surface area contributed by atoms with Gasteiger partial charge >= 0.3 is 5.97 Å². The molecule has 1 aromatic heterocycles. The molecule has 0 spiro atoms. The lowest BCUT2D eigenvalue weighted by Crippen LogP contribution is -2.41. The molecule has 0 unspecified atom stereocenters. The molecule has 1 aromatic rings. The Morgan fingerprint density at radius 2 is 2.11 bits per heavy atom. The molecule has 7 heteroatoms. The summed E-state index contributed by atoms with van der Waals surface area (Å²) in [6, 6.07) is 1.56. The van der Waals surface area contributed by atoms with Crippen LogP contribution in [0.2, 0.25) is 0 Å². The Bertz CT molecular complexity index is 580. The number of aliphatic hydroxyl groups is 1. The zero-order valence-corrected chi connectivity index (χ0v) is 10.3. The summed E-state index contributed by atoms with van der Waals surface area (Å²) < 4.78 is 1.31. The molecular formula is C12H14N2O5. The van der Waals surface area contributed by atoms with Crippen molar-refractivity contribution in [2.24, 2.45) is 7.05 Å². The zero-order chi connectivity index (χ0) is 14.2. The molecule has 1 aliphatic rings. The van der Waals surface area contributed by atoms with Crippen LogP contribution in [0, 0.1) is 0 Å². The van der Waals surface area contributed by atoms with Gasteiger partial charge in [0.05, 0.1) is 6.10 Å². The molecule has 1 aliphatic heterocycles. The van der Waals surface area contributed by atoms with E-state index in [0.717, 1.165) is 11.0 Å². The van der Waals surface area contributed by atoms with E-state index < -0.39 is 24.0 Å². The van der Waals surface area contributed by atoms with Gasteiger partial charge in [-0.2, -0.15) is 0 Å². The molecule has 2 N–H and O–H groups in total. The molecule has 0 radical (unpaired) electrons. The van der Waals surface area contributed by atoms with Gasteiger partial charge in [-0.3, -0.25) is 9.59 Å². The molecule has 19 heavy (non-hydrogen) atoms. The largest absolute Gasteiger partial charge is 0.480 e. The summed E-state index contributed by atoms with van der Waals surface area (Å²) in [6.45, 7) is -0.0367. The number of rotatable bonds is 2. The highest BCUT2D eigenvalue weighted by molar-refractivity contribution is 5.96. The minimum absolute atomic E-state index is 0.00587. The Morgan fingerprint density at radius 1 is 1.42 bits per heavy atom. The van der Waals surface area contributed by atoms with Crippen molar-refractivity contribution in [2.75, 3.05) is 6.54 Å². The van der Waals surface area contributed by atoms with Crippen LogP contribution in [0.3, 0.4) is 0 Å². The highest BCUT2D eigenvalue weighted by atomic mass is 16.4. The Morgan fingerprint density at radius 3 is 2.68 bits per heavy atom. The topological polar surface area (TPSA) is 99.8 Å². The maximum absolute atomic E-state index is 12.2. The van der Waals surface area contributed by atoms with Crippen molar-refractivity contribution in [1.82, 2.24) is 9.47 Å². The summed E-state index contributed by atoms with van der Waals surface area (Å²) in [6.07, 6.45) is 0.598. The number of amides is 1. The Kier molecular flexibility index (Phi) is 3.39. The predicted octanol–water partition coefficient (Wildman–Crippen LogP) is -0.955. The number of hydrogen-bond acceptors (Lipinski definition) is 4. The lowest BCUT2D eigenvalue weighted by molar-refractivity contribution is -0.141. The van der Waals surface area contributed by atoms with Crippen LogP contribution in [-0.4, -0.2) is 50.2 Å². The molecule has 0 aliphatic carbocycles. The lowest BCUT2D eigenvalue weighted by atomic mass is 10.2. The number of hydrogen-bond donors (Lipinski definition) is 2. The first-order valence-electron chi connectivity index (χ1n) is 5.78. The van der Waals surface area contributed by atoms with E-state index in [4.69, 9.17) is 5.11 Å². The monoisotopic (exact) mass is 266 g/mol. The molecule has 1 fully saturated rings. The van der Waals surface area contributed by atoms with Gasteiger partial charge in [0, 0.05) is 37.8 Å². The summed E-state index contributed by atoms with van der Waals surface area (Å²) in [5.74, 6) is -1.71. The molecule has 2 rings (SSSR count). The minimum Gasteiger partial charge on any atom is -0.480 e. The molecule has 1 amide bonds. The van der Waals surface area contributed by atoms with Crippen LogP contribution in [0.15, 0.2) is 23.1 Å². The maximum Gasteiger partial charge on any atom is 0.326 e. The van der Waals surface area contributed by atoms with E-state index >= 15 is 0 Å². The SMILES string of the molecule is Cn1ccc(C(=O)N2C[C@@H](O)C[C@H]2C(=O)O)cc1=O. The van der Waals surface area contributed by atoms with E-state index in [1.165, 1.54) is 16.8 Å². The van der Waals surface area contributed by atoms with Gasteiger partial charge in [-0.1, -0.05) is 0 Å². The van der Waals surface area contributed by atoms with E-state index in [0.29, 0.717) is 0 Å². The first kappa shape index (κ1) is 13.3. The van der Waals surface area contributed by atoms with Crippen LogP contribution in [0.4, 0.5) is 0 Å². The number of aromatic nitrogens is 1. The third kappa shape index (κ3) is 2.50. The molecule has 0 aromatic carbocycles. The fourth-order valence-electron chi connectivity index (χ4n) is 2.12. The van der Waals surface area contributed by atoms with E-state index in [2.05, 4.69) is 0 Å². The number of β-amino-alcohol motifs (C(OH)–C–C–N with tert-alkyl or cyclic N) is 1.